The molecule has 0 rings (SSSR count). The van der Waals surface area contributed by atoms with Crippen molar-refractivity contribution < 1.29 is 9.90 Å². The number of carbonyl (C=O) groups is 1. The van der Waals surface area contributed by atoms with Gasteiger partial charge in [-0.1, -0.05) is 6.92 Å². The van der Waals surface area contributed by atoms with Crippen LogP contribution in [0.5, 0.6) is 0 Å². The van der Waals surface area contributed by atoms with E-state index < -0.39 is 5.60 Å². The van der Waals surface area contributed by atoms with Crippen LogP contribution in [0.3, 0.4) is 0 Å². The average molecular weight is 244 g/mol. The molecule has 0 fully saturated rings. The molecule has 0 bridgehead atoms. The predicted octanol–water partition coefficient (Wildman–Crippen LogP) is 1.38. The van der Waals surface area contributed by atoms with Crippen molar-refractivity contribution in [2.75, 3.05) is 13.1 Å². The molecular weight excluding hydrogens is 216 g/mol. The van der Waals surface area contributed by atoms with Crippen molar-refractivity contribution in [3.63, 3.8) is 0 Å². The Hall–Kier alpha value is -0.610. The molecule has 0 radical (unpaired) electrons. The summed E-state index contributed by atoms with van der Waals surface area (Å²) in [5, 5.41) is 12.8. The summed E-state index contributed by atoms with van der Waals surface area (Å²) in [6.07, 6.45) is 0. The first kappa shape index (κ1) is 16.4. The van der Waals surface area contributed by atoms with E-state index in [1.54, 1.807) is 13.8 Å². The normalized spacial score (nSPS) is 14.9. The maximum atomic E-state index is 12.0. The van der Waals surface area contributed by atoms with E-state index >= 15 is 0 Å². The molecule has 0 spiro atoms. The van der Waals surface area contributed by atoms with E-state index in [4.69, 9.17) is 0 Å². The molecule has 1 unspecified atom stereocenters. The highest BCUT2D eigenvalue weighted by atomic mass is 16.3. The zero-order chi connectivity index (χ0) is 13.9. The van der Waals surface area contributed by atoms with Gasteiger partial charge in [-0.05, 0) is 48.1 Å². The van der Waals surface area contributed by atoms with Gasteiger partial charge in [0.15, 0.2) is 0 Å². The van der Waals surface area contributed by atoms with Crippen molar-refractivity contribution in [1.29, 1.82) is 0 Å². The summed E-state index contributed by atoms with van der Waals surface area (Å²) in [7, 11) is 0. The van der Waals surface area contributed by atoms with Gasteiger partial charge in [-0.25, -0.2) is 0 Å². The minimum Gasteiger partial charge on any atom is -0.389 e. The number of hydrogen-bond donors (Lipinski definition) is 2. The highest BCUT2D eigenvalue weighted by Gasteiger charge is 2.27. The van der Waals surface area contributed by atoms with Crippen molar-refractivity contribution in [3.8, 4) is 0 Å². The lowest BCUT2D eigenvalue weighted by Gasteiger charge is -2.33. The van der Waals surface area contributed by atoms with Gasteiger partial charge < -0.3 is 10.4 Å². The number of aliphatic hydroxyl groups is 1. The summed E-state index contributed by atoms with van der Waals surface area (Å²) >= 11 is 0. The minimum absolute atomic E-state index is 0.00333. The number of rotatable bonds is 5. The molecule has 0 aliphatic carbocycles. The van der Waals surface area contributed by atoms with Crippen LogP contribution in [-0.4, -0.2) is 46.2 Å². The zero-order valence-electron chi connectivity index (χ0n) is 12.3. The fraction of sp³-hybridized carbons (Fsp3) is 0.923. The second-order valence-corrected chi connectivity index (χ2v) is 6.29. The fourth-order valence-corrected chi connectivity index (χ4v) is 1.66. The molecule has 0 saturated carbocycles. The zero-order valence-corrected chi connectivity index (χ0v) is 12.3. The van der Waals surface area contributed by atoms with Gasteiger partial charge in [0.25, 0.3) is 0 Å². The summed E-state index contributed by atoms with van der Waals surface area (Å²) < 4.78 is 0. The molecule has 1 atom stereocenters. The van der Waals surface area contributed by atoms with Crippen LogP contribution >= 0.6 is 0 Å². The monoisotopic (exact) mass is 244 g/mol. The standard InChI is InChI=1S/C13H28N2O2/c1-8-15(9-13(6,7)17)10(2)11(16)14-12(3,4)5/h10,17H,8-9H2,1-7H3,(H,14,16). The van der Waals surface area contributed by atoms with Crippen LogP contribution in [0.1, 0.15) is 48.5 Å². The number of amides is 1. The van der Waals surface area contributed by atoms with Crippen molar-refractivity contribution >= 4 is 5.91 Å². The van der Waals surface area contributed by atoms with Gasteiger partial charge in [-0.3, -0.25) is 9.69 Å². The molecule has 17 heavy (non-hydrogen) atoms. The third kappa shape index (κ3) is 7.34. The van der Waals surface area contributed by atoms with E-state index in [9.17, 15) is 9.90 Å². The molecular formula is C13H28N2O2. The molecule has 1 amide bonds. The first-order chi connectivity index (χ1) is 7.46. The number of nitrogens with one attached hydrogen (secondary N) is 1. The van der Waals surface area contributed by atoms with Gasteiger partial charge in [0.1, 0.15) is 0 Å². The molecule has 0 aromatic rings. The van der Waals surface area contributed by atoms with Crippen LogP contribution in [0.2, 0.25) is 0 Å². The lowest BCUT2D eigenvalue weighted by atomic mass is 10.1. The topological polar surface area (TPSA) is 52.6 Å². The highest BCUT2D eigenvalue weighted by Crippen LogP contribution is 2.09. The summed E-state index contributed by atoms with van der Waals surface area (Å²) in [6.45, 7) is 14.5. The second kappa shape index (κ2) is 5.83. The first-order valence-electron chi connectivity index (χ1n) is 6.25. The quantitative estimate of drug-likeness (QED) is 0.768. The van der Waals surface area contributed by atoms with Crippen molar-refractivity contribution in [1.82, 2.24) is 10.2 Å². The molecule has 2 N–H and O–H groups in total. The highest BCUT2D eigenvalue weighted by molar-refractivity contribution is 5.81. The van der Waals surface area contributed by atoms with E-state index in [2.05, 4.69) is 5.32 Å². The van der Waals surface area contributed by atoms with Crippen molar-refractivity contribution in [2.45, 2.75) is 65.6 Å². The lowest BCUT2D eigenvalue weighted by molar-refractivity contribution is -0.128. The summed E-state index contributed by atoms with van der Waals surface area (Å²) in [5.74, 6) is 0.00333. The molecule has 0 aliphatic heterocycles. The summed E-state index contributed by atoms with van der Waals surface area (Å²) in [5.41, 5.74) is -1.01. The summed E-state index contributed by atoms with van der Waals surface area (Å²) in [6, 6.07) is -0.231. The Morgan fingerprint density at radius 3 is 2.06 bits per heavy atom. The minimum atomic E-state index is -0.785. The number of nitrogens with zero attached hydrogens (tertiary/aromatic N) is 1. The van der Waals surface area contributed by atoms with Crippen molar-refractivity contribution in [2.24, 2.45) is 0 Å². The maximum absolute atomic E-state index is 12.0. The molecule has 102 valence electrons. The van der Waals surface area contributed by atoms with Gasteiger partial charge >= 0.3 is 0 Å². The fourth-order valence-electron chi connectivity index (χ4n) is 1.66. The Bertz CT molecular complexity index is 251. The molecule has 0 heterocycles. The average Bonchev–Trinajstić information content (AvgIpc) is 2.08. The Morgan fingerprint density at radius 2 is 1.76 bits per heavy atom. The Kier molecular flexibility index (Phi) is 5.62. The number of likely N-dealkylation sites (N-methyl/N-ethyl adjacent to an activating group) is 1. The van der Waals surface area contributed by atoms with Gasteiger partial charge in [0, 0.05) is 12.1 Å². The number of carbonyl (C=O) groups excluding carboxylic acids is 1. The lowest BCUT2D eigenvalue weighted by Crippen LogP contribution is -2.53. The Labute approximate surface area is 105 Å². The van der Waals surface area contributed by atoms with E-state index in [1.807, 2.05) is 39.5 Å². The van der Waals surface area contributed by atoms with Crippen LogP contribution in [0.4, 0.5) is 0 Å². The van der Waals surface area contributed by atoms with Gasteiger partial charge in [-0.2, -0.15) is 0 Å². The molecule has 4 nitrogen and oxygen atoms in total. The molecule has 0 saturated heterocycles. The van der Waals surface area contributed by atoms with Crippen LogP contribution < -0.4 is 5.32 Å². The number of hydrogen-bond acceptors (Lipinski definition) is 3. The largest absolute Gasteiger partial charge is 0.389 e. The smallest absolute Gasteiger partial charge is 0.237 e. The first-order valence-corrected chi connectivity index (χ1v) is 6.25. The van der Waals surface area contributed by atoms with E-state index in [0.717, 1.165) is 6.54 Å². The van der Waals surface area contributed by atoms with Crippen LogP contribution in [0.15, 0.2) is 0 Å². The maximum Gasteiger partial charge on any atom is 0.237 e. The summed E-state index contributed by atoms with van der Waals surface area (Å²) in [4.78, 5) is 14.0. The van der Waals surface area contributed by atoms with Gasteiger partial charge in [0.2, 0.25) is 5.91 Å². The van der Waals surface area contributed by atoms with E-state index in [-0.39, 0.29) is 17.5 Å². The predicted molar refractivity (Wildman–Crippen MR) is 70.9 cm³/mol. The van der Waals surface area contributed by atoms with Gasteiger partial charge in [-0.15, -0.1) is 0 Å². The Morgan fingerprint density at radius 1 is 1.29 bits per heavy atom. The third-order valence-electron chi connectivity index (χ3n) is 2.42. The third-order valence-corrected chi connectivity index (χ3v) is 2.42. The van der Waals surface area contributed by atoms with Crippen LogP contribution in [0, 0.1) is 0 Å². The van der Waals surface area contributed by atoms with E-state index in [0.29, 0.717) is 6.54 Å². The molecule has 0 aromatic heterocycles. The molecule has 0 aliphatic rings. The van der Waals surface area contributed by atoms with Crippen LogP contribution in [0.25, 0.3) is 0 Å². The SMILES string of the molecule is CCN(CC(C)(C)O)C(C)C(=O)NC(C)(C)C. The Balaban J connectivity index is 4.54. The van der Waals surface area contributed by atoms with E-state index in [1.165, 1.54) is 0 Å². The van der Waals surface area contributed by atoms with Gasteiger partial charge in [0.05, 0.1) is 11.6 Å². The molecule has 4 heteroatoms. The second-order valence-electron chi connectivity index (χ2n) is 6.29. The van der Waals surface area contributed by atoms with Crippen LogP contribution in [-0.2, 0) is 4.79 Å². The molecule has 0 aromatic carbocycles. The van der Waals surface area contributed by atoms with Crippen molar-refractivity contribution in [3.05, 3.63) is 0 Å².